The van der Waals surface area contributed by atoms with Crippen molar-refractivity contribution in [2.45, 2.75) is 32.3 Å². The number of halogens is 2. The fourth-order valence-electron chi connectivity index (χ4n) is 1.18. The van der Waals surface area contributed by atoms with E-state index in [1.807, 2.05) is 26.8 Å². The summed E-state index contributed by atoms with van der Waals surface area (Å²) in [7, 11) is 0. The highest BCUT2D eigenvalue weighted by Gasteiger charge is 2.10. The fraction of sp³-hybridized carbons (Fsp3) is 0.583. The molecule has 0 amide bonds. The van der Waals surface area contributed by atoms with Crippen molar-refractivity contribution in [2.24, 2.45) is 0 Å². The van der Waals surface area contributed by atoms with E-state index in [-0.39, 0.29) is 5.60 Å². The van der Waals surface area contributed by atoms with Crippen LogP contribution >= 0.6 is 27.5 Å². The Morgan fingerprint density at radius 1 is 1.35 bits per heavy atom. The van der Waals surface area contributed by atoms with Crippen molar-refractivity contribution >= 4 is 27.5 Å². The first-order chi connectivity index (χ1) is 7.92. The lowest BCUT2D eigenvalue weighted by Gasteiger charge is -2.19. The number of alkyl halides is 1. The summed E-state index contributed by atoms with van der Waals surface area (Å²) in [5, 5.41) is 0. The van der Waals surface area contributed by atoms with Gasteiger partial charge in [-0.1, -0.05) is 0 Å². The van der Waals surface area contributed by atoms with Crippen molar-refractivity contribution in [1.82, 2.24) is 4.98 Å². The van der Waals surface area contributed by atoms with E-state index in [1.54, 1.807) is 6.20 Å². The molecule has 0 N–H and O–H groups in total. The minimum absolute atomic E-state index is 0.147. The Kier molecular flexibility index (Phi) is 5.70. The second-order valence-corrected chi connectivity index (χ2v) is 5.74. The van der Waals surface area contributed by atoms with Gasteiger partial charge in [-0.2, -0.15) is 0 Å². The average Bonchev–Trinajstić information content (AvgIpc) is 2.24. The van der Waals surface area contributed by atoms with Crippen LogP contribution in [-0.4, -0.2) is 23.8 Å². The highest BCUT2D eigenvalue weighted by atomic mass is 79.9. The average molecular weight is 323 g/mol. The minimum atomic E-state index is -0.147. The van der Waals surface area contributed by atoms with Crippen molar-refractivity contribution in [3.63, 3.8) is 0 Å². The topological polar surface area (TPSA) is 31.4 Å². The zero-order valence-electron chi connectivity index (χ0n) is 10.3. The molecule has 1 heterocycles. The number of hydrogen-bond donors (Lipinski definition) is 0. The summed E-state index contributed by atoms with van der Waals surface area (Å²) in [6.07, 6.45) is 1.69. The van der Waals surface area contributed by atoms with Crippen LogP contribution in [0.3, 0.4) is 0 Å². The fourth-order valence-corrected chi connectivity index (χ4v) is 1.75. The van der Waals surface area contributed by atoms with E-state index in [0.29, 0.717) is 25.0 Å². The van der Waals surface area contributed by atoms with Crippen molar-refractivity contribution < 1.29 is 9.47 Å². The maximum Gasteiger partial charge on any atom is 0.217 e. The van der Waals surface area contributed by atoms with E-state index in [1.165, 1.54) is 0 Å². The first-order valence-corrected chi connectivity index (χ1v) is 6.72. The van der Waals surface area contributed by atoms with Gasteiger partial charge >= 0.3 is 0 Å². The third-order valence-corrected chi connectivity index (χ3v) is 2.61. The minimum Gasteiger partial charge on any atom is -0.475 e. The molecule has 3 nitrogen and oxygen atoms in total. The molecule has 1 rings (SSSR count). The zero-order chi connectivity index (χ0) is 12.9. The molecule has 0 bridgehead atoms. The van der Waals surface area contributed by atoms with Gasteiger partial charge in [-0.15, -0.1) is 11.6 Å². The number of aromatic nitrogens is 1. The van der Waals surface area contributed by atoms with Gasteiger partial charge in [-0.3, -0.25) is 0 Å². The van der Waals surface area contributed by atoms with Gasteiger partial charge in [-0.05, 0) is 42.8 Å². The molecule has 1 aromatic heterocycles. The quantitative estimate of drug-likeness (QED) is 0.611. The molecule has 0 saturated heterocycles. The van der Waals surface area contributed by atoms with Gasteiger partial charge in [0.1, 0.15) is 6.61 Å². The molecule has 0 aromatic carbocycles. The second kappa shape index (κ2) is 6.57. The summed E-state index contributed by atoms with van der Waals surface area (Å²) in [5.74, 6) is 0.947. The highest BCUT2D eigenvalue weighted by Crippen LogP contribution is 2.21. The molecule has 0 spiro atoms. The van der Waals surface area contributed by atoms with Crippen LogP contribution in [0.15, 0.2) is 16.7 Å². The van der Waals surface area contributed by atoms with E-state index < -0.39 is 0 Å². The lowest BCUT2D eigenvalue weighted by Crippen LogP contribution is -2.22. The van der Waals surface area contributed by atoms with Crippen LogP contribution in [0.25, 0.3) is 0 Å². The Morgan fingerprint density at radius 2 is 2.06 bits per heavy atom. The number of rotatable bonds is 5. The molecule has 0 aliphatic heterocycles. The normalized spacial score (nSPS) is 11.6. The maximum absolute atomic E-state index is 5.82. The van der Waals surface area contributed by atoms with Crippen LogP contribution in [0.2, 0.25) is 0 Å². The summed E-state index contributed by atoms with van der Waals surface area (Å²) < 4.78 is 12.0. The number of ether oxygens (including phenoxy) is 2. The first kappa shape index (κ1) is 14.7. The van der Waals surface area contributed by atoms with Crippen molar-refractivity contribution in [3.8, 4) is 5.88 Å². The third kappa shape index (κ3) is 5.70. The predicted molar refractivity (Wildman–Crippen MR) is 72.7 cm³/mol. The Bertz CT molecular complexity index is 366. The van der Waals surface area contributed by atoms with Crippen molar-refractivity contribution in [3.05, 3.63) is 22.3 Å². The summed E-state index contributed by atoms with van der Waals surface area (Å²) in [5.41, 5.74) is 0.725. The molecule has 5 heteroatoms. The predicted octanol–water partition coefficient (Wildman–Crippen LogP) is 3.78. The van der Waals surface area contributed by atoms with Crippen molar-refractivity contribution in [2.75, 3.05) is 13.2 Å². The molecule has 0 aliphatic carbocycles. The van der Waals surface area contributed by atoms with Crippen molar-refractivity contribution in [1.29, 1.82) is 0 Å². The van der Waals surface area contributed by atoms with E-state index >= 15 is 0 Å². The molecule has 96 valence electrons. The first-order valence-electron chi connectivity index (χ1n) is 5.39. The standard InChI is InChI=1S/C12H17BrClNO2/c1-12(2,3)17-5-4-16-11-9(7-14)6-10(13)8-15-11/h6,8H,4-5,7H2,1-3H3. The van der Waals surface area contributed by atoms with Gasteiger partial charge in [0.2, 0.25) is 5.88 Å². The summed E-state index contributed by atoms with van der Waals surface area (Å²) in [6.45, 7) is 7.03. The lowest BCUT2D eigenvalue weighted by atomic mass is 10.2. The molecule has 0 unspecified atom stereocenters. The van der Waals surface area contributed by atoms with Gasteiger partial charge in [0.05, 0.1) is 18.1 Å². The van der Waals surface area contributed by atoms with Gasteiger partial charge in [0.15, 0.2) is 0 Å². The van der Waals surface area contributed by atoms with Crippen LogP contribution in [0, 0.1) is 0 Å². The molecule has 17 heavy (non-hydrogen) atoms. The molecule has 1 aromatic rings. The van der Waals surface area contributed by atoms with Crippen LogP contribution in [-0.2, 0) is 10.6 Å². The van der Waals surface area contributed by atoms with E-state index in [9.17, 15) is 0 Å². The summed E-state index contributed by atoms with van der Waals surface area (Å²) >= 11 is 9.16. The molecular formula is C12H17BrClNO2. The Balaban J connectivity index is 2.46. The van der Waals surface area contributed by atoms with E-state index in [2.05, 4.69) is 20.9 Å². The molecule has 0 radical (unpaired) electrons. The largest absolute Gasteiger partial charge is 0.475 e. The number of hydrogen-bond acceptors (Lipinski definition) is 3. The van der Waals surface area contributed by atoms with Crippen LogP contribution < -0.4 is 4.74 Å². The maximum atomic E-state index is 5.82. The van der Waals surface area contributed by atoms with Gasteiger partial charge in [0.25, 0.3) is 0 Å². The van der Waals surface area contributed by atoms with Gasteiger partial charge < -0.3 is 9.47 Å². The summed E-state index contributed by atoms with van der Waals surface area (Å²) in [6, 6.07) is 1.90. The molecule has 0 fully saturated rings. The SMILES string of the molecule is CC(C)(C)OCCOc1ncc(Br)cc1CCl. The van der Waals surface area contributed by atoms with E-state index in [4.69, 9.17) is 21.1 Å². The van der Waals surface area contributed by atoms with Crippen LogP contribution in [0.1, 0.15) is 26.3 Å². The Morgan fingerprint density at radius 3 is 2.65 bits per heavy atom. The number of nitrogens with zero attached hydrogens (tertiary/aromatic N) is 1. The molecule has 0 atom stereocenters. The second-order valence-electron chi connectivity index (χ2n) is 4.56. The van der Waals surface area contributed by atoms with Gasteiger partial charge in [-0.25, -0.2) is 4.98 Å². The monoisotopic (exact) mass is 321 g/mol. The molecular weight excluding hydrogens is 305 g/mol. The third-order valence-electron chi connectivity index (χ3n) is 1.89. The molecule has 0 aliphatic rings. The molecule has 0 saturated carbocycles. The van der Waals surface area contributed by atoms with E-state index in [0.717, 1.165) is 10.0 Å². The smallest absolute Gasteiger partial charge is 0.217 e. The number of pyridine rings is 1. The van der Waals surface area contributed by atoms with Crippen LogP contribution in [0.4, 0.5) is 0 Å². The highest BCUT2D eigenvalue weighted by molar-refractivity contribution is 9.10. The summed E-state index contributed by atoms with van der Waals surface area (Å²) in [4.78, 5) is 4.17. The zero-order valence-corrected chi connectivity index (χ0v) is 12.6. The van der Waals surface area contributed by atoms with Gasteiger partial charge in [0, 0.05) is 16.2 Å². The Hall–Kier alpha value is -0.320. The van der Waals surface area contributed by atoms with Crippen LogP contribution in [0.5, 0.6) is 5.88 Å². The lowest BCUT2D eigenvalue weighted by molar-refractivity contribution is -0.0168. The Labute approximate surface area is 116 Å².